The van der Waals surface area contributed by atoms with E-state index in [0.717, 1.165) is 6.42 Å². The Balaban J connectivity index is 2.48. The molecule has 1 fully saturated rings. The Morgan fingerprint density at radius 3 is 2.85 bits per heavy atom. The third kappa shape index (κ3) is 2.71. The summed E-state index contributed by atoms with van der Waals surface area (Å²) in [5.41, 5.74) is 6.74. The van der Waals surface area contributed by atoms with Crippen molar-refractivity contribution < 1.29 is 13.5 Å². The second-order valence-electron chi connectivity index (χ2n) is 4.94. The molecule has 0 radical (unpaired) electrons. The summed E-state index contributed by atoms with van der Waals surface area (Å²) in [5, 5.41) is 9.31. The van der Waals surface area contributed by atoms with Gasteiger partial charge in [0.05, 0.1) is 11.5 Å². The van der Waals surface area contributed by atoms with Crippen LogP contribution in [0, 0.1) is 6.92 Å². The Labute approximate surface area is 124 Å². The quantitative estimate of drug-likeness (QED) is 0.802. The topological polar surface area (TPSA) is 83.6 Å². The summed E-state index contributed by atoms with van der Waals surface area (Å²) in [6.45, 7) is 2.01. The molecule has 1 atom stereocenters. The lowest BCUT2D eigenvalue weighted by Gasteiger charge is -2.23. The van der Waals surface area contributed by atoms with Crippen LogP contribution in [-0.2, 0) is 10.0 Å². The smallest absolute Gasteiger partial charge is 0.243 e. The number of nitrogens with two attached hydrogens (primary N) is 1. The summed E-state index contributed by atoms with van der Waals surface area (Å²) in [4.78, 5) is 0.379. The van der Waals surface area contributed by atoms with Gasteiger partial charge >= 0.3 is 0 Å². The molecule has 3 N–H and O–H groups in total. The summed E-state index contributed by atoms with van der Waals surface area (Å²) < 4.78 is 26.8. The van der Waals surface area contributed by atoms with E-state index < -0.39 is 10.0 Å². The summed E-state index contributed by atoms with van der Waals surface area (Å²) in [6, 6.07) is 4.59. The van der Waals surface area contributed by atoms with Gasteiger partial charge in [-0.2, -0.15) is 4.31 Å². The van der Waals surface area contributed by atoms with E-state index in [1.165, 1.54) is 10.4 Å². The van der Waals surface area contributed by atoms with Gasteiger partial charge in [0.2, 0.25) is 10.0 Å². The average molecular weight is 314 g/mol. The Bertz CT molecular complexity index is 629. The van der Waals surface area contributed by atoms with E-state index in [2.05, 4.69) is 0 Å². The molecule has 20 heavy (non-hydrogen) atoms. The number of aliphatic hydroxyl groups excluding tert-OH is 1. The van der Waals surface area contributed by atoms with Gasteiger partial charge in [-0.05, 0) is 31.4 Å². The number of hydrogen-bond acceptors (Lipinski definition) is 4. The Kier molecular flexibility index (Phi) is 4.43. The summed E-state index contributed by atoms with van der Waals surface area (Å²) in [7, 11) is -3.63. The molecule has 1 aromatic rings. The summed E-state index contributed by atoms with van der Waals surface area (Å²) in [5.74, 6) is 0. The first-order chi connectivity index (χ1) is 9.37. The molecule has 0 spiro atoms. The zero-order valence-electron chi connectivity index (χ0n) is 11.2. The number of aliphatic hydroxyl groups is 1. The summed E-state index contributed by atoms with van der Waals surface area (Å²) in [6.07, 6.45) is 1.45. The molecular weight excluding hydrogens is 296 g/mol. The number of nitrogens with zero attached hydrogens (tertiary/aromatic N) is 1. The zero-order valence-corrected chi connectivity index (χ0v) is 12.9. The second kappa shape index (κ2) is 5.77. The molecule has 0 saturated carbocycles. The maximum Gasteiger partial charge on any atom is 0.243 e. The molecule has 0 amide bonds. The van der Waals surface area contributed by atoms with Gasteiger partial charge in [0.25, 0.3) is 0 Å². The lowest BCUT2D eigenvalue weighted by atomic mass is 10.1. The van der Waals surface area contributed by atoms with E-state index >= 15 is 0 Å². The van der Waals surface area contributed by atoms with Crippen molar-refractivity contribution in [3.8, 4) is 0 Å². The molecule has 0 bridgehead atoms. The van der Waals surface area contributed by atoms with Crippen molar-refractivity contribution in [1.82, 2.24) is 4.31 Å². The van der Waals surface area contributed by atoms with Gasteiger partial charge in [-0.3, -0.25) is 0 Å². The molecule has 110 valence electrons. The highest BCUT2D eigenvalue weighted by molar-refractivity contribution is 7.89. The SMILES string of the molecule is Cc1ccc(C(N)=S)cc1S(=O)(=O)N1CCCC1CO. The fourth-order valence-electron chi connectivity index (χ4n) is 2.47. The number of benzene rings is 1. The van der Waals surface area contributed by atoms with E-state index in [4.69, 9.17) is 18.0 Å². The summed E-state index contributed by atoms with van der Waals surface area (Å²) >= 11 is 4.90. The van der Waals surface area contributed by atoms with Crippen LogP contribution in [0.5, 0.6) is 0 Å². The van der Waals surface area contributed by atoms with Gasteiger partial charge in [-0.15, -0.1) is 0 Å². The van der Waals surface area contributed by atoms with Crippen LogP contribution in [0.2, 0.25) is 0 Å². The van der Waals surface area contributed by atoms with E-state index in [-0.39, 0.29) is 22.5 Å². The first kappa shape index (κ1) is 15.4. The van der Waals surface area contributed by atoms with Crippen LogP contribution in [0.25, 0.3) is 0 Å². The van der Waals surface area contributed by atoms with Crippen molar-refractivity contribution in [3.63, 3.8) is 0 Å². The average Bonchev–Trinajstić information content (AvgIpc) is 2.87. The fraction of sp³-hybridized carbons (Fsp3) is 0.462. The van der Waals surface area contributed by atoms with Gasteiger partial charge in [0, 0.05) is 18.2 Å². The number of aryl methyl sites for hydroxylation is 1. The van der Waals surface area contributed by atoms with Crippen molar-refractivity contribution >= 4 is 27.2 Å². The van der Waals surface area contributed by atoms with E-state index in [0.29, 0.717) is 24.1 Å². The molecule has 1 aliphatic heterocycles. The van der Waals surface area contributed by atoms with Crippen molar-refractivity contribution in [2.24, 2.45) is 5.73 Å². The highest BCUT2D eigenvalue weighted by Crippen LogP contribution is 2.28. The van der Waals surface area contributed by atoms with Crippen molar-refractivity contribution in [2.45, 2.75) is 30.7 Å². The third-order valence-electron chi connectivity index (χ3n) is 3.59. The maximum atomic E-state index is 12.7. The molecule has 5 nitrogen and oxygen atoms in total. The van der Waals surface area contributed by atoms with Crippen LogP contribution in [0.3, 0.4) is 0 Å². The Hall–Kier alpha value is -1.02. The van der Waals surface area contributed by atoms with Gasteiger partial charge in [0.1, 0.15) is 4.99 Å². The third-order valence-corrected chi connectivity index (χ3v) is 5.92. The molecule has 7 heteroatoms. The minimum atomic E-state index is -3.63. The molecule has 1 heterocycles. The van der Waals surface area contributed by atoms with Gasteiger partial charge < -0.3 is 10.8 Å². The molecule has 0 aliphatic carbocycles. The van der Waals surface area contributed by atoms with E-state index in [9.17, 15) is 13.5 Å². The van der Waals surface area contributed by atoms with Gasteiger partial charge in [-0.25, -0.2) is 8.42 Å². The van der Waals surface area contributed by atoms with Crippen molar-refractivity contribution in [3.05, 3.63) is 29.3 Å². The van der Waals surface area contributed by atoms with Crippen molar-refractivity contribution in [1.29, 1.82) is 0 Å². The molecular formula is C13H18N2O3S2. The first-order valence-electron chi connectivity index (χ1n) is 6.41. The predicted molar refractivity (Wildman–Crippen MR) is 81.1 cm³/mol. The minimum Gasteiger partial charge on any atom is -0.395 e. The number of sulfonamides is 1. The Morgan fingerprint density at radius 2 is 2.25 bits per heavy atom. The molecule has 1 aliphatic rings. The van der Waals surface area contributed by atoms with Crippen LogP contribution >= 0.6 is 12.2 Å². The Morgan fingerprint density at radius 1 is 1.55 bits per heavy atom. The van der Waals surface area contributed by atoms with Crippen molar-refractivity contribution in [2.75, 3.05) is 13.2 Å². The first-order valence-corrected chi connectivity index (χ1v) is 8.26. The monoisotopic (exact) mass is 314 g/mol. The molecule has 1 unspecified atom stereocenters. The van der Waals surface area contributed by atoms with Crippen LogP contribution in [0.1, 0.15) is 24.0 Å². The van der Waals surface area contributed by atoms with Crippen LogP contribution in [-0.4, -0.2) is 42.0 Å². The van der Waals surface area contributed by atoms with Crippen LogP contribution in [0.4, 0.5) is 0 Å². The van der Waals surface area contributed by atoms with Crippen LogP contribution < -0.4 is 5.73 Å². The second-order valence-corrected chi connectivity index (χ2v) is 7.24. The number of hydrogen-bond donors (Lipinski definition) is 2. The molecule has 2 rings (SSSR count). The number of rotatable bonds is 4. The largest absolute Gasteiger partial charge is 0.395 e. The lowest BCUT2D eigenvalue weighted by Crippen LogP contribution is -2.38. The zero-order chi connectivity index (χ0) is 14.9. The van der Waals surface area contributed by atoms with E-state index in [1.54, 1.807) is 19.1 Å². The number of thiocarbonyl (C=S) groups is 1. The lowest BCUT2D eigenvalue weighted by molar-refractivity contribution is 0.213. The molecule has 1 aromatic carbocycles. The predicted octanol–water partition coefficient (Wildman–Crippen LogP) is 0.775. The molecule has 1 saturated heterocycles. The van der Waals surface area contributed by atoms with Crippen LogP contribution in [0.15, 0.2) is 23.1 Å². The highest BCUT2D eigenvalue weighted by atomic mass is 32.2. The maximum absolute atomic E-state index is 12.7. The fourth-order valence-corrected chi connectivity index (χ4v) is 4.53. The van der Waals surface area contributed by atoms with E-state index in [1.807, 2.05) is 0 Å². The van der Waals surface area contributed by atoms with Gasteiger partial charge in [0.15, 0.2) is 0 Å². The molecule has 0 aromatic heterocycles. The minimum absolute atomic E-state index is 0.159. The standard InChI is InChI=1S/C13H18N2O3S2/c1-9-4-5-10(13(14)19)7-12(9)20(17,18)15-6-2-3-11(15)8-16/h4-5,7,11,16H,2-3,6,8H2,1H3,(H2,14,19). The normalized spacial score (nSPS) is 20.2. The highest BCUT2D eigenvalue weighted by Gasteiger charge is 2.35. The van der Waals surface area contributed by atoms with Gasteiger partial charge in [-0.1, -0.05) is 24.4 Å².